The molecule has 0 aliphatic carbocycles. The van der Waals surface area contributed by atoms with Crippen LogP contribution in [0.5, 0.6) is 0 Å². The first-order valence-corrected chi connectivity index (χ1v) is 5.69. The summed E-state index contributed by atoms with van der Waals surface area (Å²) >= 11 is 2.29. The molecular formula is C12H9IN2. The number of hydrogen-bond donors (Lipinski definition) is 1. The van der Waals surface area contributed by atoms with Crippen LogP contribution in [0.4, 0.5) is 5.69 Å². The van der Waals surface area contributed by atoms with Crippen LogP contribution in [0.25, 0.3) is 21.8 Å². The fourth-order valence-corrected chi connectivity index (χ4v) is 2.95. The Kier molecular flexibility index (Phi) is 1.88. The summed E-state index contributed by atoms with van der Waals surface area (Å²) in [4.78, 5) is 0. The van der Waals surface area contributed by atoms with Gasteiger partial charge < -0.3 is 5.73 Å². The summed E-state index contributed by atoms with van der Waals surface area (Å²) in [5.74, 6) is 0. The van der Waals surface area contributed by atoms with Crippen LogP contribution in [0, 0.1) is 0 Å². The van der Waals surface area contributed by atoms with Crippen LogP contribution in [0.1, 0.15) is 0 Å². The summed E-state index contributed by atoms with van der Waals surface area (Å²) < 4.78 is 2.12. The second-order valence-corrected chi connectivity index (χ2v) is 4.51. The monoisotopic (exact) mass is 308 g/mol. The number of benzene rings is 2. The molecule has 1 heterocycles. The lowest BCUT2D eigenvalue weighted by Crippen LogP contribution is -1.87. The summed E-state index contributed by atoms with van der Waals surface area (Å²) in [7, 11) is 0. The highest BCUT2D eigenvalue weighted by Crippen LogP contribution is 2.33. The van der Waals surface area contributed by atoms with Crippen molar-refractivity contribution >= 4 is 50.4 Å². The maximum atomic E-state index is 6.00. The maximum Gasteiger partial charge on any atom is 0.0819 e. The van der Waals surface area contributed by atoms with Gasteiger partial charge in [0.1, 0.15) is 0 Å². The van der Waals surface area contributed by atoms with Crippen LogP contribution in [0.2, 0.25) is 0 Å². The Morgan fingerprint density at radius 3 is 2.53 bits per heavy atom. The minimum absolute atomic E-state index is 0.832. The number of hydrogen-bond acceptors (Lipinski definition) is 1. The third-order valence-electron chi connectivity index (χ3n) is 2.67. The number of aromatic nitrogens is 1. The second kappa shape index (κ2) is 3.13. The van der Waals surface area contributed by atoms with E-state index in [2.05, 4.69) is 49.9 Å². The summed E-state index contributed by atoms with van der Waals surface area (Å²) in [5, 5.41) is 2.48. The molecule has 0 aliphatic rings. The van der Waals surface area contributed by atoms with Crippen molar-refractivity contribution in [2.24, 2.45) is 0 Å². The fourth-order valence-electron chi connectivity index (χ4n) is 1.99. The molecule has 2 aromatic carbocycles. The molecule has 74 valence electrons. The van der Waals surface area contributed by atoms with Crippen molar-refractivity contribution in [1.29, 1.82) is 0 Å². The Labute approximate surface area is 101 Å². The van der Waals surface area contributed by atoms with Crippen molar-refractivity contribution in [2.75, 3.05) is 5.73 Å². The summed E-state index contributed by atoms with van der Waals surface area (Å²) in [6.07, 6.45) is 0. The van der Waals surface area contributed by atoms with Gasteiger partial charge in [-0.2, -0.15) is 0 Å². The third-order valence-corrected chi connectivity index (χ3v) is 3.67. The van der Waals surface area contributed by atoms with Crippen LogP contribution < -0.4 is 5.73 Å². The van der Waals surface area contributed by atoms with E-state index < -0.39 is 0 Å². The molecular weight excluding hydrogens is 299 g/mol. The van der Waals surface area contributed by atoms with E-state index in [-0.39, 0.29) is 0 Å². The Morgan fingerprint density at radius 1 is 0.933 bits per heavy atom. The Bertz CT molecular complexity index is 655. The van der Waals surface area contributed by atoms with Crippen molar-refractivity contribution in [3.63, 3.8) is 0 Å². The van der Waals surface area contributed by atoms with Crippen molar-refractivity contribution < 1.29 is 0 Å². The number of anilines is 1. The average Bonchev–Trinajstić information content (AvgIpc) is 2.55. The lowest BCUT2D eigenvalue weighted by molar-refractivity contribution is 1.49. The first kappa shape index (κ1) is 9.03. The zero-order valence-electron chi connectivity index (χ0n) is 7.94. The number of nitrogens with zero attached hydrogens (tertiary/aromatic N) is 1. The molecule has 0 atom stereocenters. The zero-order valence-corrected chi connectivity index (χ0v) is 10.1. The molecule has 0 bridgehead atoms. The van der Waals surface area contributed by atoms with Gasteiger partial charge in [0.15, 0.2) is 0 Å². The number of nitrogen functional groups attached to an aromatic ring is 1. The number of fused-ring (bicyclic) bond motifs is 3. The van der Waals surface area contributed by atoms with E-state index in [0.717, 1.165) is 11.2 Å². The first-order chi connectivity index (χ1) is 7.29. The molecule has 0 fully saturated rings. The van der Waals surface area contributed by atoms with Crippen LogP contribution in [-0.2, 0) is 0 Å². The van der Waals surface area contributed by atoms with Gasteiger partial charge in [0.05, 0.1) is 39.6 Å². The predicted octanol–water partition coefficient (Wildman–Crippen LogP) is 3.57. The largest absolute Gasteiger partial charge is 0.397 e. The molecule has 0 aliphatic heterocycles. The Balaban J connectivity index is 2.69. The van der Waals surface area contributed by atoms with Crippen molar-refractivity contribution in [2.45, 2.75) is 0 Å². The molecule has 0 radical (unpaired) electrons. The third kappa shape index (κ3) is 1.16. The molecule has 0 amide bonds. The number of rotatable bonds is 0. The van der Waals surface area contributed by atoms with E-state index in [1.165, 1.54) is 16.3 Å². The van der Waals surface area contributed by atoms with E-state index in [1.807, 2.05) is 18.2 Å². The van der Waals surface area contributed by atoms with Crippen molar-refractivity contribution in [3.8, 4) is 0 Å². The summed E-state index contributed by atoms with van der Waals surface area (Å²) in [6.45, 7) is 0. The van der Waals surface area contributed by atoms with E-state index in [4.69, 9.17) is 5.73 Å². The molecule has 2 nitrogen and oxygen atoms in total. The fraction of sp³-hybridized carbons (Fsp3) is 0. The Hall–Kier alpha value is -1.23. The van der Waals surface area contributed by atoms with Crippen molar-refractivity contribution in [3.05, 3.63) is 42.5 Å². The minimum atomic E-state index is 0.832. The van der Waals surface area contributed by atoms with Crippen LogP contribution in [0.3, 0.4) is 0 Å². The molecule has 0 spiro atoms. The lowest BCUT2D eigenvalue weighted by Gasteiger charge is -1.98. The number of nitrogens with two attached hydrogens (primary N) is 1. The molecule has 1 aromatic heterocycles. The average molecular weight is 308 g/mol. The van der Waals surface area contributed by atoms with Gasteiger partial charge in [-0.3, -0.25) is 2.78 Å². The standard InChI is InChI=1S/C12H9IN2/c13-15-11-7-2-1-4-8(11)9-5-3-6-10(14)12(9)15/h1-7H,14H2. The summed E-state index contributed by atoms with van der Waals surface area (Å²) in [6, 6.07) is 14.4. The minimum Gasteiger partial charge on any atom is -0.397 e. The van der Waals surface area contributed by atoms with Crippen LogP contribution in [0.15, 0.2) is 42.5 Å². The molecule has 0 unspecified atom stereocenters. The SMILES string of the molecule is Nc1cccc2c3ccccc3n(I)c12. The lowest BCUT2D eigenvalue weighted by atomic mass is 10.1. The summed E-state index contributed by atoms with van der Waals surface area (Å²) in [5.41, 5.74) is 9.15. The van der Waals surface area contributed by atoms with Gasteiger partial charge in [-0.25, -0.2) is 0 Å². The molecule has 3 rings (SSSR count). The van der Waals surface area contributed by atoms with Gasteiger partial charge in [-0.15, -0.1) is 0 Å². The molecule has 0 saturated heterocycles. The highest BCUT2D eigenvalue weighted by atomic mass is 127. The van der Waals surface area contributed by atoms with Gasteiger partial charge in [-0.05, 0) is 12.1 Å². The Morgan fingerprint density at radius 2 is 1.67 bits per heavy atom. The molecule has 15 heavy (non-hydrogen) atoms. The smallest absolute Gasteiger partial charge is 0.0819 e. The highest BCUT2D eigenvalue weighted by molar-refractivity contribution is 14.1. The van der Waals surface area contributed by atoms with E-state index in [9.17, 15) is 0 Å². The number of halogens is 1. The van der Waals surface area contributed by atoms with Gasteiger partial charge >= 0.3 is 0 Å². The van der Waals surface area contributed by atoms with Gasteiger partial charge in [0.25, 0.3) is 0 Å². The topological polar surface area (TPSA) is 30.9 Å². The molecule has 2 N–H and O–H groups in total. The predicted molar refractivity (Wildman–Crippen MR) is 73.3 cm³/mol. The van der Waals surface area contributed by atoms with Crippen LogP contribution >= 0.6 is 22.9 Å². The van der Waals surface area contributed by atoms with Gasteiger partial charge in [0.2, 0.25) is 0 Å². The number of para-hydroxylation sites is 2. The van der Waals surface area contributed by atoms with Gasteiger partial charge in [-0.1, -0.05) is 30.3 Å². The normalized spacial score (nSPS) is 11.3. The van der Waals surface area contributed by atoms with Crippen LogP contribution in [-0.4, -0.2) is 2.78 Å². The quantitative estimate of drug-likeness (QED) is 0.499. The van der Waals surface area contributed by atoms with Gasteiger partial charge in [0, 0.05) is 10.8 Å². The molecule has 0 saturated carbocycles. The zero-order chi connectivity index (χ0) is 10.4. The molecule has 3 heteroatoms. The molecule has 3 aromatic rings. The van der Waals surface area contributed by atoms with E-state index in [1.54, 1.807) is 0 Å². The van der Waals surface area contributed by atoms with Crippen molar-refractivity contribution in [1.82, 2.24) is 2.78 Å². The highest BCUT2D eigenvalue weighted by Gasteiger charge is 2.09. The van der Waals surface area contributed by atoms with E-state index >= 15 is 0 Å². The van der Waals surface area contributed by atoms with E-state index in [0.29, 0.717) is 0 Å². The first-order valence-electron chi connectivity index (χ1n) is 4.73. The second-order valence-electron chi connectivity index (χ2n) is 3.54. The maximum absolute atomic E-state index is 6.00.